The van der Waals surface area contributed by atoms with Crippen molar-refractivity contribution >= 4 is 27.5 Å². The summed E-state index contributed by atoms with van der Waals surface area (Å²) >= 11 is 9.90. The Morgan fingerprint density at radius 2 is 2.30 bits per heavy atom. The Labute approximate surface area is 134 Å². The minimum absolute atomic E-state index is 0.135. The van der Waals surface area contributed by atoms with E-state index in [0.717, 1.165) is 34.6 Å². The molecule has 1 saturated heterocycles. The Bertz CT molecular complexity index is 457. The molecule has 0 spiro atoms. The molecular formula is C15H22BrClN2O. The van der Waals surface area contributed by atoms with E-state index in [4.69, 9.17) is 22.1 Å². The van der Waals surface area contributed by atoms with Crippen LogP contribution in [0.15, 0.2) is 22.7 Å². The molecule has 0 aromatic heterocycles. The zero-order valence-corrected chi connectivity index (χ0v) is 14.3. The molecule has 0 aliphatic carbocycles. The van der Waals surface area contributed by atoms with Crippen LogP contribution < -0.4 is 5.73 Å². The summed E-state index contributed by atoms with van der Waals surface area (Å²) in [5.74, 6) is 0. The summed E-state index contributed by atoms with van der Waals surface area (Å²) in [6, 6.07) is 6.49. The highest BCUT2D eigenvalue weighted by Gasteiger charge is 2.32. The fraction of sp³-hybridized carbons (Fsp3) is 0.600. The summed E-state index contributed by atoms with van der Waals surface area (Å²) in [7, 11) is 0. The van der Waals surface area contributed by atoms with E-state index < -0.39 is 0 Å². The van der Waals surface area contributed by atoms with E-state index in [-0.39, 0.29) is 12.1 Å². The van der Waals surface area contributed by atoms with Crippen molar-refractivity contribution in [3.8, 4) is 0 Å². The van der Waals surface area contributed by atoms with Crippen molar-refractivity contribution in [2.24, 2.45) is 5.73 Å². The quantitative estimate of drug-likeness (QED) is 0.890. The molecule has 1 aliphatic rings. The molecule has 20 heavy (non-hydrogen) atoms. The van der Waals surface area contributed by atoms with Gasteiger partial charge in [-0.1, -0.05) is 34.5 Å². The molecule has 3 nitrogen and oxygen atoms in total. The van der Waals surface area contributed by atoms with Gasteiger partial charge in [0, 0.05) is 34.7 Å². The molecule has 5 heteroatoms. The maximum absolute atomic E-state index is 6.38. The first-order valence-electron chi connectivity index (χ1n) is 7.09. The van der Waals surface area contributed by atoms with Crippen LogP contribution in [0, 0.1) is 0 Å². The molecule has 1 heterocycles. The molecule has 0 bridgehead atoms. The lowest BCUT2D eigenvalue weighted by Gasteiger charge is -2.43. The molecule has 112 valence electrons. The SMILES string of the molecule is CCC1COC(C)CN1C(CN)c1cc(Br)ccc1Cl. The first-order valence-corrected chi connectivity index (χ1v) is 8.26. The van der Waals surface area contributed by atoms with Crippen molar-refractivity contribution in [3.05, 3.63) is 33.3 Å². The fourth-order valence-corrected chi connectivity index (χ4v) is 3.44. The maximum atomic E-state index is 6.38. The van der Waals surface area contributed by atoms with E-state index in [1.165, 1.54) is 0 Å². The van der Waals surface area contributed by atoms with Crippen LogP contribution in [0.5, 0.6) is 0 Å². The standard InChI is InChI=1S/C15H22BrClN2O/c1-3-12-9-20-10(2)8-19(12)15(7-18)13-6-11(16)4-5-14(13)17/h4-6,10,12,15H,3,7-9,18H2,1-2H3. The summed E-state index contributed by atoms with van der Waals surface area (Å²) in [4.78, 5) is 2.45. The van der Waals surface area contributed by atoms with E-state index in [1.54, 1.807) is 0 Å². The Morgan fingerprint density at radius 3 is 2.95 bits per heavy atom. The molecule has 1 aliphatic heterocycles. The number of nitrogens with two attached hydrogens (primary N) is 1. The second-order valence-corrected chi connectivity index (χ2v) is 6.64. The van der Waals surface area contributed by atoms with Crippen LogP contribution >= 0.6 is 27.5 Å². The van der Waals surface area contributed by atoms with E-state index in [0.29, 0.717) is 12.6 Å². The summed E-state index contributed by atoms with van der Waals surface area (Å²) in [5, 5.41) is 0.776. The molecule has 0 saturated carbocycles. The Hall–Kier alpha value is -0.130. The molecule has 2 rings (SSSR count). The number of benzene rings is 1. The smallest absolute Gasteiger partial charge is 0.0675 e. The van der Waals surface area contributed by atoms with E-state index in [9.17, 15) is 0 Å². The topological polar surface area (TPSA) is 38.5 Å². The lowest BCUT2D eigenvalue weighted by Crippen LogP contribution is -2.51. The van der Waals surface area contributed by atoms with Crippen LogP contribution in [0.1, 0.15) is 31.9 Å². The Balaban J connectivity index is 2.31. The first kappa shape index (κ1) is 16.2. The first-order chi connectivity index (χ1) is 9.56. The van der Waals surface area contributed by atoms with Crippen LogP contribution in [-0.4, -0.2) is 36.7 Å². The van der Waals surface area contributed by atoms with Gasteiger partial charge in [0.15, 0.2) is 0 Å². The molecule has 3 atom stereocenters. The van der Waals surface area contributed by atoms with Gasteiger partial charge >= 0.3 is 0 Å². The monoisotopic (exact) mass is 360 g/mol. The van der Waals surface area contributed by atoms with Crippen molar-refractivity contribution in [2.45, 2.75) is 38.5 Å². The number of hydrogen-bond acceptors (Lipinski definition) is 3. The normalized spacial score (nSPS) is 25.6. The summed E-state index contributed by atoms with van der Waals surface area (Å²) in [5.41, 5.74) is 7.15. The predicted molar refractivity (Wildman–Crippen MR) is 87.1 cm³/mol. The lowest BCUT2D eigenvalue weighted by molar-refractivity contribution is -0.0719. The van der Waals surface area contributed by atoms with E-state index >= 15 is 0 Å². The average Bonchev–Trinajstić information content (AvgIpc) is 2.44. The lowest BCUT2D eigenvalue weighted by atomic mass is 10.0. The van der Waals surface area contributed by atoms with Gasteiger partial charge < -0.3 is 10.5 Å². The van der Waals surface area contributed by atoms with Gasteiger partial charge in [-0.25, -0.2) is 0 Å². The maximum Gasteiger partial charge on any atom is 0.0675 e. The highest BCUT2D eigenvalue weighted by molar-refractivity contribution is 9.10. The molecular weight excluding hydrogens is 340 g/mol. The van der Waals surface area contributed by atoms with Gasteiger partial charge in [0.2, 0.25) is 0 Å². The summed E-state index contributed by atoms with van der Waals surface area (Å²) in [6.07, 6.45) is 1.28. The molecule has 0 radical (unpaired) electrons. The van der Waals surface area contributed by atoms with Gasteiger partial charge in [-0.05, 0) is 37.1 Å². The summed E-state index contributed by atoms with van der Waals surface area (Å²) < 4.78 is 6.80. The van der Waals surface area contributed by atoms with Crippen molar-refractivity contribution < 1.29 is 4.74 Å². The number of rotatable bonds is 4. The Kier molecular flexibility index (Phi) is 5.87. The van der Waals surface area contributed by atoms with Crippen LogP contribution in [0.3, 0.4) is 0 Å². The molecule has 1 aromatic rings. The fourth-order valence-electron chi connectivity index (χ4n) is 2.81. The van der Waals surface area contributed by atoms with Gasteiger partial charge in [0.25, 0.3) is 0 Å². The third-order valence-electron chi connectivity index (χ3n) is 3.92. The molecule has 3 unspecified atom stereocenters. The Morgan fingerprint density at radius 1 is 1.55 bits per heavy atom. The van der Waals surface area contributed by atoms with Crippen molar-refractivity contribution in [1.29, 1.82) is 0 Å². The predicted octanol–water partition coefficient (Wildman–Crippen LogP) is 3.60. The molecule has 1 fully saturated rings. The minimum atomic E-state index is 0.135. The number of ether oxygens (including phenoxy) is 1. The van der Waals surface area contributed by atoms with E-state index in [2.05, 4.69) is 40.7 Å². The van der Waals surface area contributed by atoms with Crippen molar-refractivity contribution in [2.75, 3.05) is 19.7 Å². The zero-order chi connectivity index (χ0) is 14.7. The van der Waals surface area contributed by atoms with Gasteiger partial charge in [-0.3, -0.25) is 4.90 Å². The van der Waals surface area contributed by atoms with Crippen LogP contribution in [0.25, 0.3) is 0 Å². The second-order valence-electron chi connectivity index (χ2n) is 5.32. The highest BCUT2D eigenvalue weighted by Crippen LogP contribution is 2.33. The van der Waals surface area contributed by atoms with Gasteiger partial charge in [-0.15, -0.1) is 0 Å². The van der Waals surface area contributed by atoms with E-state index in [1.807, 2.05) is 12.1 Å². The third-order valence-corrected chi connectivity index (χ3v) is 4.76. The van der Waals surface area contributed by atoms with Crippen LogP contribution in [0.4, 0.5) is 0 Å². The second kappa shape index (κ2) is 7.23. The van der Waals surface area contributed by atoms with Crippen LogP contribution in [-0.2, 0) is 4.74 Å². The highest BCUT2D eigenvalue weighted by atomic mass is 79.9. The molecule has 0 amide bonds. The number of nitrogens with zero attached hydrogens (tertiary/aromatic N) is 1. The van der Waals surface area contributed by atoms with Crippen molar-refractivity contribution in [3.63, 3.8) is 0 Å². The minimum Gasteiger partial charge on any atom is -0.376 e. The largest absolute Gasteiger partial charge is 0.376 e. The summed E-state index contributed by atoms with van der Waals surface area (Å²) in [6.45, 7) is 6.50. The van der Waals surface area contributed by atoms with Crippen LogP contribution in [0.2, 0.25) is 5.02 Å². The third kappa shape index (κ3) is 3.55. The van der Waals surface area contributed by atoms with Crippen molar-refractivity contribution in [1.82, 2.24) is 4.90 Å². The number of halogens is 2. The molecule has 1 aromatic carbocycles. The number of morpholine rings is 1. The zero-order valence-electron chi connectivity index (χ0n) is 12.0. The molecule has 2 N–H and O–H groups in total. The average molecular weight is 362 g/mol. The van der Waals surface area contributed by atoms with Gasteiger partial charge in [0.05, 0.1) is 12.7 Å². The van der Waals surface area contributed by atoms with Gasteiger partial charge in [0.1, 0.15) is 0 Å². The van der Waals surface area contributed by atoms with Gasteiger partial charge in [-0.2, -0.15) is 0 Å². The number of hydrogen-bond donors (Lipinski definition) is 1.